The van der Waals surface area contributed by atoms with E-state index < -0.39 is 10.0 Å². The molecule has 2 atom stereocenters. The van der Waals surface area contributed by atoms with E-state index in [1.807, 2.05) is 12.1 Å². The Bertz CT molecular complexity index is 594. The molecule has 1 fully saturated rings. The second-order valence-corrected chi connectivity index (χ2v) is 7.47. The summed E-state index contributed by atoms with van der Waals surface area (Å²) in [7, 11) is -3.20. The van der Waals surface area contributed by atoms with Crippen LogP contribution in [0.1, 0.15) is 37.2 Å². The first-order chi connectivity index (χ1) is 9.85. The third-order valence-electron chi connectivity index (χ3n) is 3.57. The second kappa shape index (κ2) is 6.62. The van der Waals surface area contributed by atoms with E-state index in [0.717, 1.165) is 17.8 Å². The lowest BCUT2D eigenvalue weighted by Crippen LogP contribution is -2.34. The van der Waals surface area contributed by atoms with Gasteiger partial charge in [0.05, 0.1) is 6.26 Å². The van der Waals surface area contributed by atoms with Crippen LogP contribution >= 0.6 is 0 Å². The molecule has 1 heterocycles. The van der Waals surface area contributed by atoms with Gasteiger partial charge in [-0.3, -0.25) is 4.79 Å². The van der Waals surface area contributed by atoms with Gasteiger partial charge < -0.3 is 9.73 Å². The number of hydrogen-bond donors (Lipinski definition) is 2. The van der Waals surface area contributed by atoms with Crippen LogP contribution in [-0.2, 0) is 21.2 Å². The normalized spacial score (nSPS) is 21.2. The summed E-state index contributed by atoms with van der Waals surface area (Å²) in [6.07, 6.45) is 3.17. The molecular weight excluding hydrogens is 292 g/mol. The highest BCUT2D eigenvalue weighted by atomic mass is 32.2. The highest BCUT2D eigenvalue weighted by molar-refractivity contribution is 7.88. The minimum Gasteiger partial charge on any atom is -0.466 e. The smallest absolute Gasteiger partial charge is 0.220 e. The molecule has 1 aromatic rings. The third-order valence-corrected chi connectivity index (χ3v) is 4.30. The molecule has 1 amide bonds. The highest BCUT2D eigenvalue weighted by Gasteiger charge is 2.36. The van der Waals surface area contributed by atoms with Crippen molar-refractivity contribution in [1.29, 1.82) is 0 Å². The molecular formula is C14H22N2O4S. The molecule has 21 heavy (non-hydrogen) atoms. The van der Waals surface area contributed by atoms with Crippen molar-refractivity contribution >= 4 is 15.9 Å². The molecule has 2 rings (SSSR count). The van der Waals surface area contributed by atoms with Crippen molar-refractivity contribution < 1.29 is 17.6 Å². The first-order valence-electron chi connectivity index (χ1n) is 7.15. The second-order valence-electron chi connectivity index (χ2n) is 5.64. The summed E-state index contributed by atoms with van der Waals surface area (Å²) in [5.41, 5.74) is 0. The Morgan fingerprint density at radius 3 is 2.71 bits per heavy atom. The molecule has 1 aliphatic carbocycles. The van der Waals surface area contributed by atoms with E-state index in [-0.39, 0.29) is 19.0 Å². The van der Waals surface area contributed by atoms with Crippen LogP contribution < -0.4 is 10.0 Å². The van der Waals surface area contributed by atoms with Gasteiger partial charge in [-0.15, -0.1) is 0 Å². The Morgan fingerprint density at radius 2 is 2.10 bits per heavy atom. The van der Waals surface area contributed by atoms with Crippen molar-refractivity contribution in [3.8, 4) is 0 Å². The number of nitrogens with one attached hydrogen (secondary N) is 2. The number of carbonyl (C=O) groups excluding carboxylic acids is 1. The zero-order chi connectivity index (χ0) is 15.5. The van der Waals surface area contributed by atoms with E-state index in [0.29, 0.717) is 24.7 Å². The van der Waals surface area contributed by atoms with Gasteiger partial charge in [0.25, 0.3) is 0 Å². The predicted octanol–water partition coefficient (Wildman–Crippen LogP) is 1.00. The van der Waals surface area contributed by atoms with Crippen molar-refractivity contribution in [2.24, 2.45) is 5.92 Å². The van der Waals surface area contributed by atoms with Crippen LogP contribution in [0.3, 0.4) is 0 Å². The molecule has 0 aromatic carbocycles. The van der Waals surface area contributed by atoms with Crippen molar-refractivity contribution in [1.82, 2.24) is 10.0 Å². The minimum atomic E-state index is -3.20. The summed E-state index contributed by atoms with van der Waals surface area (Å²) in [5, 5.41) is 2.67. The van der Waals surface area contributed by atoms with E-state index in [4.69, 9.17) is 4.42 Å². The monoisotopic (exact) mass is 314 g/mol. The van der Waals surface area contributed by atoms with Crippen LogP contribution in [0, 0.1) is 5.92 Å². The van der Waals surface area contributed by atoms with Gasteiger partial charge in [0.2, 0.25) is 15.9 Å². The lowest BCUT2D eigenvalue weighted by molar-refractivity contribution is -0.121. The number of sulfonamides is 1. The quantitative estimate of drug-likeness (QED) is 0.701. The fourth-order valence-electron chi connectivity index (χ4n) is 2.21. The topological polar surface area (TPSA) is 88.4 Å². The minimum absolute atomic E-state index is 0.108. The number of furan rings is 1. The molecule has 1 aromatic heterocycles. The first-order valence-corrected chi connectivity index (χ1v) is 9.04. The lowest BCUT2D eigenvalue weighted by Gasteiger charge is -2.05. The molecule has 0 saturated heterocycles. The predicted molar refractivity (Wildman–Crippen MR) is 79.4 cm³/mol. The van der Waals surface area contributed by atoms with Crippen molar-refractivity contribution in [2.75, 3.05) is 19.3 Å². The Balaban J connectivity index is 1.63. The Labute approximate surface area is 125 Å². The van der Waals surface area contributed by atoms with Gasteiger partial charge in [0, 0.05) is 31.8 Å². The Morgan fingerprint density at radius 1 is 1.38 bits per heavy atom. The molecule has 7 heteroatoms. The van der Waals surface area contributed by atoms with E-state index >= 15 is 0 Å². The molecule has 0 aliphatic heterocycles. The first kappa shape index (κ1) is 16.0. The summed E-state index contributed by atoms with van der Waals surface area (Å²) in [6, 6.07) is 3.93. The van der Waals surface area contributed by atoms with Gasteiger partial charge in [-0.2, -0.15) is 0 Å². The summed E-state index contributed by atoms with van der Waals surface area (Å²) in [6.45, 7) is 2.69. The summed E-state index contributed by atoms with van der Waals surface area (Å²) < 4.78 is 29.7. The maximum absolute atomic E-state index is 11.6. The molecule has 0 bridgehead atoms. The average Bonchev–Trinajstić information content (AvgIpc) is 2.94. The Kier molecular flexibility index (Phi) is 5.05. The van der Waals surface area contributed by atoms with E-state index in [2.05, 4.69) is 17.0 Å². The zero-order valence-corrected chi connectivity index (χ0v) is 13.2. The molecule has 1 saturated carbocycles. The maximum atomic E-state index is 11.6. The van der Waals surface area contributed by atoms with Crippen LogP contribution in [0.2, 0.25) is 0 Å². The molecule has 2 N–H and O–H groups in total. The van der Waals surface area contributed by atoms with Crippen molar-refractivity contribution in [2.45, 2.75) is 32.1 Å². The molecule has 1 aliphatic rings. The number of hydrogen-bond acceptors (Lipinski definition) is 4. The highest BCUT2D eigenvalue weighted by Crippen LogP contribution is 2.47. The van der Waals surface area contributed by atoms with Crippen molar-refractivity contribution in [3.63, 3.8) is 0 Å². The van der Waals surface area contributed by atoms with Gasteiger partial charge in [0.1, 0.15) is 11.5 Å². The summed E-state index contributed by atoms with van der Waals surface area (Å²) >= 11 is 0. The largest absolute Gasteiger partial charge is 0.466 e. The standard InChI is InChI=1S/C14H22N2O4S/c1-10-9-12(10)13-5-3-11(20-13)4-6-14(17)15-7-8-16-21(2,18)19/h3,5,10,12,16H,4,6-9H2,1-2H3,(H,15,17). The summed E-state index contributed by atoms with van der Waals surface area (Å²) in [4.78, 5) is 11.6. The van der Waals surface area contributed by atoms with Gasteiger partial charge in [-0.25, -0.2) is 13.1 Å². The SMILES string of the molecule is CC1CC1c1ccc(CCC(=O)NCCNS(C)(=O)=O)o1. The molecule has 2 unspecified atom stereocenters. The van der Waals surface area contributed by atoms with E-state index in [1.165, 1.54) is 6.42 Å². The van der Waals surface area contributed by atoms with Crippen molar-refractivity contribution in [3.05, 3.63) is 23.7 Å². The number of rotatable bonds is 8. The van der Waals surface area contributed by atoms with Crippen LogP contribution in [0.4, 0.5) is 0 Å². The van der Waals surface area contributed by atoms with Crippen LogP contribution in [0.15, 0.2) is 16.5 Å². The number of carbonyl (C=O) groups is 1. The third kappa shape index (κ3) is 5.51. The van der Waals surface area contributed by atoms with E-state index in [9.17, 15) is 13.2 Å². The lowest BCUT2D eigenvalue weighted by atomic mass is 10.2. The average molecular weight is 314 g/mol. The fraction of sp³-hybridized carbons (Fsp3) is 0.643. The van der Waals surface area contributed by atoms with E-state index in [1.54, 1.807) is 0 Å². The number of amides is 1. The van der Waals surface area contributed by atoms with Crippen LogP contribution in [0.5, 0.6) is 0 Å². The zero-order valence-electron chi connectivity index (χ0n) is 12.4. The van der Waals surface area contributed by atoms with Crippen LogP contribution in [-0.4, -0.2) is 33.7 Å². The Hall–Kier alpha value is -1.34. The van der Waals surface area contributed by atoms with Gasteiger partial charge in [-0.05, 0) is 24.5 Å². The van der Waals surface area contributed by atoms with Gasteiger partial charge in [0.15, 0.2) is 0 Å². The molecule has 0 spiro atoms. The molecule has 118 valence electrons. The van der Waals surface area contributed by atoms with Gasteiger partial charge >= 0.3 is 0 Å². The molecule has 0 radical (unpaired) electrons. The van der Waals surface area contributed by atoms with Gasteiger partial charge in [-0.1, -0.05) is 6.92 Å². The number of aryl methyl sites for hydroxylation is 1. The maximum Gasteiger partial charge on any atom is 0.220 e. The summed E-state index contributed by atoms with van der Waals surface area (Å²) in [5.74, 6) is 3.00. The fourth-order valence-corrected chi connectivity index (χ4v) is 2.68. The molecule has 6 nitrogen and oxygen atoms in total. The van der Waals surface area contributed by atoms with Crippen LogP contribution in [0.25, 0.3) is 0 Å².